The van der Waals surface area contributed by atoms with Gasteiger partial charge >= 0.3 is 35.8 Å². The van der Waals surface area contributed by atoms with Crippen molar-refractivity contribution in [2.45, 2.75) is 111 Å². The van der Waals surface area contributed by atoms with Gasteiger partial charge in [0.25, 0.3) is 0 Å². The van der Waals surface area contributed by atoms with Crippen LogP contribution in [0.25, 0.3) is 0 Å². The van der Waals surface area contributed by atoms with Crippen LogP contribution in [0.1, 0.15) is 75.7 Å². The molecule has 0 aliphatic heterocycles. The lowest BCUT2D eigenvalue weighted by molar-refractivity contribution is -0.191. The highest BCUT2D eigenvalue weighted by molar-refractivity contribution is 5.95. The largest absolute Gasteiger partial charge is 0.458 e. The summed E-state index contributed by atoms with van der Waals surface area (Å²) in [5.74, 6) is -9.97. The molecule has 14 nitrogen and oxygen atoms in total. The summed E-state index contributed by atoms with van der Waals surface area (Å²) >= 11 is 0. The number of hydrogen-bond donors (Lipinski definition) is 0. The van der Waals surface area contributed by atoms with Crippen molar-refractivity contribution < 1.29 is 66.8 Å². The summed E-state index contributed by atoms with van der Waals surface area (Å²) in [6.07, 6.45) is -5.02. The monoisotopic (exact) mass is 650 g/mol. The molecule has 0 aromatic carbocycles. The maximum Gasteiger partial charge on any atom is 0.303 e. The topological polar surface area (TPSA) is 192 Å². The van der Waals surface area contributed by atoms with E-state index in [9.17, 15) is 38.4 Å². The van der Waals surface area contributed by atoms with Crippen LogP contribution in [0.5, 0.6) is 0 Å². The molecule has 0 bridgehead atoms. The third-order valence-electron chi connectivity index (χ3n) is 7.81. The van der Waals surface area contributed by atoms with Crippen LogP contribution in [0.2, 0.25) is 0 Å². The minimum atomic E-state index is -2.34. The number of carbonyl (C=O) groups excluding carboxylic acids is 8. The van der Waals surface area contributed by atoms with Crippen molar-refractivity contribution in [3.63, 3.8) is 0 Å². The van der Waals surface area contributed by atoms with Gasteiger partial charge in [-0.15, -0.1) is 0 Å². The van der Waals surface area contributed by atoms with Crippen LogP contribution in [-0.2, 0) is 66.8 Å². The maximum absolute atomic E-state index is 14.6. The molecule has 0 spiro atoms. The number of hydrogen-bond acceptors (Lipinski definition) is 14. The highest BCUT2D eigenvalue weighted by Gasteiger charge is 2.72. The van der Waals surface area contributed by atoms with E-state index in [2.05, 4.69) is 6.58 Å². The van der Waals surface area contributed by atoms with Crippen LogP contribution >= 0.6 is 0 Å². The van der Waals surface area contributed by atoms with E-state index < -0.39 is 112 Å². The molecule has 2 rings (SSSR count). The van der Waals surface area contributed by atoms with Crippen LogP contribution in [0, 0.1) is 17.3 Å². The summed E-state index contributed by atoms with van der Waals surface area (Å²) in [5.41, 5.74) is -6.07. The number of Topliss-reactive ketones (excluding diaryl/α,β-unsaturated/α-hetero) is 2. The zero-order valence-corrected chi connectivity index (χ0v) is 27.7. The Morgan fingerprint density at radius 1 is 0.674 bits per heavy atom. The minimum Gasteiger partial charge on any atom is -0.458 e. The first kappa shape index (κ1) is 37.8. The van der Waals surface area contributed by atoms with Gasteiger partial charge in [-0.2, -0.15) is 0 Å². The first-order chi connectivity index (χ1) is 21.0. The second-order valence-corrected chi connectivity index (χ2v) is 12.4. The number of allylic oxidation sites excluding steroid dienone is 2. The average molecular weight is 651 g/mol. The van der Waals surface area contributed by atoms with E-state index in [1.54, 1.807) is 0 Å². The Hall–Kier alpha value is -4.36. The predicted octanol–water partition coefficient (Wildman–Crippen LogP) is 2.28. The molecular weight excluding hydrogens is 608 g/mol. The van der Waals surface area contributed by atoms with Crippen molar-refractivity contribution in [2.75, 3.05) is 0 Å². The Morgan fingerprint density at radius 3 is 1.59 bits per heavy atom. The lowest BCUT2D eigenvalue weighted by Gasteiger charge is -2.42. The number of fused-ring (bicyclic) bond motifs is 1. The highest BCUT2D eigenvalue weighted by atomic mass is 16.6. The van der Waals surface area contributed by atoms with Gasteiger partial charge < -0.3 is 28.4 Å². The van der Waals surface area contributed by atoms with Crippen LogP contribution in [0.4, 0.5) is 0 Å². The molecule has 0 heterocycles. The van der Waals surface area contributed by atoms with Gasteiger partial charge in [0.05, 0.1) is 5.92 Å². The first-order valence-corrected chi connectivity index (χ1v) is 14.5. The second kappa shape index (κ2) is 14.0. The molecule has 0 aromatic heterocycles. The summed E-state index contributed by atoms with van der Waals surface area (Å²) in [7, 11) is 0. The molecule has 254 valence electrons. The molecule has 8 atom stereocenters. The lowest BCUT2D eigenvalue weighted by atomic mass is 9.72. The third-order valence-corrected chi connectivity index (χ3v) is 7.81. The van der Waals surface area contributed by atoms with Gasteiger partial charge in [-0.25, -0.2) is 0 Å². The molecule has 0 unspecified atom stereocenters. The van der Waals surface area contributed by atoms with Crippen molar-refractivity contribution in [3.8, 4) is 0 Å². The fourth-order valence-corrected chi connectivity index (χ4v) is 6.20. The van der Waals surface area contributed by atoms with Crippen LogP contribution < -0.4 is 0 Å². The van der Waals surface area contributed by atoms with E-state index in [-0.39, 0.29) is 0 Å². The van der Waals surface area contributed by atoms with Crippen molar-refractivity contribution in [1.29, 1.82) is 0 Å². The van der Waals surface area contributed by atoms with E-state index in [4.69, 9.17) is 28.4 Å². The first-order valence-electron chi connectivity index (χ1n) is 14.5. The number of esters is 6. The van der Waals surface area contributed by atoms with E-state index in [0.717, 1.165) is 41.5 Å². The molecule has 46 heavy (non-hydrogen) atoms. The standard InChI is InChI=1S/C32H42O14/c1-15-12-13-30(9,10)28(40)26(43-19(5)35)25(42-18(4)34)16(2)24(41-17(3)33)23-29(44-20(6)36)31(11,45-21(7)37)14-32(23,27(15)39)46-22(8)38/h12-13,15,23-26,29H,2,14H2,1,3-11H3/b13-12-/t15-,23+,24+,25+,26-,29-,31-,32-/m1/s1. The summed E-state index contributed by atoms with van der Waals surface area (Å²) < 4.78 is 33.7. The molecule has 1 saturated carbocycles. The maximum atomic E-state index is 14.6. The lowest BCUT2D eigenvalue weighted by Crippen LogP contribution is -2.58. The zero-order chi connectivity index (χ0) is 35.5. The number of ketones is 2. The molecule has 0 aromatic rings. The molecule has 1 fully saturated rings. The number of carbonyl (C=O) groups is 8. The van der Waals surface area contributed by atoms with Crippen molar-refractivity contribution in [1.82, 2.24) is 0 Å². The minimum absolute atomic E-state index is 0.392. The van der Waals surface area contributed by atoms with Gasteiger partial charge in [0.1, 0.15) is 6.10 Å². The van der Waals surface area contributed by atoms with Crippen LogP contribution in [0.15, 0.2) is 24.3 Å². The van der Waals surface area contributed by atoms with Gasteiger partial charge in [0.2, 0.25) is 6.10 Å². The molecular formula is C32H42O14. The van der Waals surface area contributed by atoms with Crippen molar-refractivity contribution in [2.24, 2.45) is 17.3 Å². The molecule has 2 aliphatic rings. The Labute approximate surface area is 267 Å². The highest BCUT2D eigenvalue weighted by Crippen LogP contribution is 2.54. The fraction of sp³-hybridized carbons (Fsp3) is 0.625. The summed E-state index contributed by atoms with van der Waals surface area (Å²) in [5, 5.41) is 0. The van der Waals surface area contributed by atoms with Gasteiger partial charge in [0.15, 0.2) is 35.0 Å². The van der Waals surface area contributed by atoms with Gasteiger partial charge in [-0.3, -0.25) is 38.4 Å². The summed E-state index contributed by atoms with van der Waals surface area (Å²) in [4.78, 5) is 104. The third kappa shape index (κ3) is 8.07. The molecule has 14 heteroatoms. The van der Waals surface area contributed by atoms with Gasteiger partial charge in [-0.05, 0) is 20.8 Å². The molecule has 0 amide bonds. The normalized spacial score (nSPS) is 33.2. The Bertz CT molecular complexity index is 1360. The molecule has 0 N–H and O–H groups in total. The second-order valence-electron chi connectivity index (χ2n) is 12.4. The van der Waals surface area contributed by atoms with E-state index in [0.29, 0.717) is 0 Å². The molecule has 0 radical (unpaired) electrons. The summed E-state index contributed by atoms with van der Waals surface area (Å²) in [6, 6.07) is 0. The predicted molar refractivity (Wildman–Crippen MR) is 156 cm³/mol. The van der Waals surface area contributed by atoms with Crippen LogP contribution in [0.3, 0.4) is 0 Å². The quantitative estimate of drug-likeness (QED) is 0.231. The van der Waals surface area contributed by atoms with Gasteiger partial charge in [0, 0.05) is 64.9 Å². The Kier molecular flexibility index (Phi) is 11.5. The number of ether oxygens (including phenoxy) is 6. The molecule has 2 aliphatic carbocycles. The van der Waals surface area contributed by atoms with E-state index in [1.165, 1.54) is 39.8 Å². The fourth-order valence-electron chi connectivity index (χ4n) is 6.20. The van der Waals surface area contributed by atoms with Crippen molar-refractivity contribution >= 4 is 47.4 Å². The van der Waals surface area contributed by atoms with E-state index in [1.807, 2.05) is 0 Å². The van der Waals surface area contributed by atoms with Crippen LogP contribution in [-0.4, -0.2) is 83.0 Å². The van der Waals surface area contributed by atoms with E-state index >= 15 is 0 Å². The van der Waals surface area contributed by atoms with Crippen molar-refractivity contribution in [3.05, 3.63) is 24.3 Å². The Balaban J connectivity index is 3.21. The zero-order valence-electron chi connectivity index (χ0n) is 27.7. The average Bonchev–Trinajstić information content (AvgIpc) is 3.11. The Morgan fingerprint density at radius 2 is 1.13 bits per heavy atom. The SMILES string of the molecule is C=C1[C@H](OC(C)=O)[C@H]2[C@@H](OC(C)=O)[C@](C)(OC(C)=O)C[C@]2(OC(C)=O)C(=O)[C@H](C)/C=C\C(C)(C)C(=O)[C@H](OC(C)=O)[C@H]1OC(C)=O. The summed E-state index contributed by atoms with van der Waals surface area (Å²) in [6.45, 7) is 15.9. The van der Waals surface area contributed by atoms with Gasteiger partial charge in [-0.1, -0.05) is 25.7 Å². The smallest absolute Gasteiger partial charge is 0.303 e. The number of rotatable bonds is 6. The molecule has 0 saturated heterocycles.